The van der Waals surface area contributed by atoms with E-state index in [9.17, 15) is 19.5 Å². The number of quaternary nitrogens is 1. The molecule has 0 bridgehead atoms. The van der Waals surface area contributed by atoms with Crippen LogP contribution in [0.25, 0.3) is 0 Å². The summed E-state index contributed by atoms with van der Waals surface area (Å²) in [6, 6.07) is -0.628. The second kappa shape index (κ2) is 28.5. The van der Waals surface area contributed by atoms with Gasteiger partial charge in [0.05, 0.1) is 40.8 Å². The molecular formula is C37H62NO7+. The maximum Gasteiger partial charge on any atom is 0.362 e. The number of hydrogen-bond acceptors (Lipinski definition) is 6. The van der Waals surface area contributed by atoms with E-state index in [2.05, 4.69) is 56.4 Å². The molecule has 0 heterocycles. The molecule has 45 heavy (non-hydrogen) atoms. The minimum Gasteiger partial charge on any atom is -0.477 e. The zero-order chi connectivity index (χ0) is 33.6. The number of aliphatic carboxylic acids is 1. The summed E-state index contributed by atoms with van der Waals surface area (Å²) < 4.78 is 17.0. The topological polar surface area (TPSA) is 99.1 Å². The van der Waals surface area contributed by atoms with E-state index in [-0.39, 0.29) is 36.7 Å². The van der Waals surface area contributed by atoms with Crippen molar-refractivity contribution in [2.24, 2.45) is 0 Å². The van der Waals surface area contributed by atoms with Crippen LogP contribution in [0.2, 0.25) is 0 Å². The first kappa shape index (κ1) is 42.0. The number of nitrogens with zero attached hydrogens (tertiary/aromatic N) is 1. The number of ether oxygens (including phenoxy) is 3. The molecule has 0 aromatic heterocycles. The third kappa shape index (κ3) is 27.1. The van der Waals surface area contributed by atoms with E-state index >= 15 is 0 Å². The predicted octanol–water partition coefficient (Wildman–Crippen LogP) is 7.90. The van der Waals surface area contributed by atoms with Crippen LogP contribution >= 0.6 is 0 Å². The second-order valence-corrected chi connectivity index (χ2v) is 12.0. The third-order valence-electron chi connectivity index (χ3n) is 6.95. The average molecular weight is 633 g/mol. The minimum absolute atomic E-state index is 0.0252. The van der Waals surface area contributed by atoms with E-state index in [1.807, 2.05) is 33.3 Å². The van der Waals surface area contributed by atoms with Gasteiger partial charge in [-0.1, -0.05) is 93.9 Å². The normalized spacial score (nSPS) is 13.9. The quantitative estimate of drug-likeness (QED) is 0.0405. The number of rotatable bonds is 28. The number of carboxylic acids is 1. The Bertz CT molecular complexity index is 928. The van der Waals surface area contributed by atoms with Gasteiger partial charge in [0.15, 0.2) is 12.1 Å². The second-order valence-electron chi connectivity index (χ2n) is 12.0. The molecule has 8 heteroatoms. The zero-order valence-electron chi connectivity index (χ0n) is 28.8. The summed E-state index contributed by atoms with van der Waals surface area (Å²) in [5.41, 5.74) is 0. The predicted molar refractivity (Wildman–Crippen MR) is 183 cm³/mol. The fourth-order valence-corrected chi connectivity index (χ4v) is 4.36. The molecule has 1 N–H and O–H groups in total. The lowest BCUT2D eigenvalue weighted by Gasteiger charge is -2.31. The van der Waals surface area contributed by atoms with Gasteiger partial charge in [-0.05, 0) is 51.4 Å². The highest BCUT2D eigenvalue weighted by Gasteiger charge is 2.31. The number of allylic oxidation sites excluding steroid dienone is 9. The van der Waals surface area contributed by atoms with Crippen molar-refractivity contribution in [3.8, 4) is 0 Å². The molecule has 0 saturated heterocycles. The number of likely N-dealkylation sites (N-methyl/N-ethyl adjacent to an activating group) is 1. The highest BCUT2D eigenvalue weighted by atomic mass is 16.6. The Morgan fingerprint density at radius 3 is 1.84 bits per heavy atom. The van der Waals surface area contributed by atoms with Crippen molar-refractivity contribution < 1.29 is 38.2 Å². The Labute approximate surface area is 273 Å². The van der Waals surface area contributed by atoms with E-state index in [0.29, 0.717) is 12.8 Å². The molecule has 2 atom stereocenters. The lowest BCUT2D eigenvalue weighted by atomic mass is 10.1. The van der Waals surface area contributed by atoms with Crippen molar-refractivity contribution in [2.75, 3.05) is 41.0 Å². The van der Waals surface area contributed by atoms with Gasteiger partial charge in [-0.2, -0.15) is 0 Å². The Kier molecular flexibility index (Phi) is 26.6. The molecule has 0 fully saturated rings. The molecule has 0 amide bonds. The maximum atomic E-state index is 12.6. The number of carbonyl (C=O) groups is 3. The van der Waals surface area contributed by atoms with Gasteiger partial charge >= 0.3 is 17.9 Å². The van der Waals surface area contributed by atoms with E-state index in [1.165, 1.54) is 0 Å². The molecule has 0 aliphatic heterocycles. The van der Waals surface area contributed by atoms with E-state index < -0.39 is 24.1 Å². The molecule has 0 rings (SSSR count). The molecule has 8 nitrogen and oxygen atoms in total. The van der Waals surface area contributed by atoms with E-state index in [1.54, 1.807) is 6.08 Å². The van der Waals surface area contributed by atoms with Gasteiger partial charge in [0.2, 0.25) is 0 Å². The summed E-state index contributed by atoms with van der Waals surface area (Å²) in [6.07, 6.45) is 31.7. The smallest absolute Gasteiger partial charge is 0.362 e. The summed E-state index contributed by atoms with van der Waals surface area (Å²) >= 11 is 0. The van der Waals surface area contributed by atoms with Crippen molar-refractivity contribution in [1.29, 1.82) is 0 Å². The Hall–Kier alpha value is -2.97. The Balaban J connectivity index is 4.62. The molecule has 2 unspecified atom stereocenters. The molecular weight excluding hydrogens is 570 g/mol. The highest BCUT2D eigenvalue weighted by Crippen LogP contribution is 2.11. The first-order chi connectivity index (χ1) is 21.6. The summed E-state index contributed by atoms with van der Waals surface area (Å²) in [6.45, 7) is 4.33. The molecule has 256 valence electrons. The molecule has 0 radical (unpaired) electrons. The number of unbranched alkanes of at least 4 members (excludes halogenated alkanes) is 5. The summed E-state index contributed by atoms with van der Waals surface area (Å²) in [5.74, 6) is -1.65. The highest BCUT2D eigenvalue weighted by molar-refractivity contribution is 5.72. The molecule has 0 saturated carbocycles. The van der Waals surface area contributed by atoms with Gasteiger partial charge in [0, 0.05) is 12.8 Å². The monoisotopic (exact) mass is 632 g/mol. The molecule has 0 aliphatic rings. The van der Waals surface area contributed by atoms with Gasteiger partial charge < -0.3 is 23.8 Å². The van der Waals surface area contributed by atoms with E-state index in [4.69, 9.17) is 14.2 Å². The van der Waals surface area contributed by atoms with Crippen LogP contribution in [-0.4, -0.2) is 80.6 Å². The minimum atomic E-state index is -0.892. The number of esters is 2. The first-order valence-corrected chi connectivity index (χ1v) is 16.8. The lowest BCUT2D eigenvalue weighted by Crippen LogP contribution is -2.50. The third-order valence-corrected chi connectivity index (χ3v) is 6.95. The van der Waals surface area contributed by atoms with Crippen LogP contribution in [0.5, 0.6) is 0 Å². The Morgan fingerprint density at radius 1 is 0.689 bits per heavy atom. The van der Waals surface area contributed by atoms with Gasteiger partial charge in [-0.3, -0.25) is 9.59 Å². The van der Waals surface area contributed by atoms with Crippen LogP contribution in [0.1, 0.15) is 104 Å². The molecule has 0 aromatic rings. The SMILES string of the molecule is CC/C=C/C/C=C/C/C=C/CC(=O)OCC(COCCC(C(=O)O)[N+](C)(C)C)OC(=O)CCCCCCC/C=C/C/C=C/CC. The zero-order valence-corrected chi connectivity index (χ0v) is 28.8. The fourth-order valence-electron chi connectivity index (χ4n) is 4.36. The van der Waals surface area contributed by atoms with Gasteiger partial charge in [0.1, 0.15) is 6.61 Å². The van der Waals surface area contributed by atoms with Crippen molar-refractivity contribution in [3.63, 3.8) is 0 Å². The van der Waals surface area contributed by atoms with Crippen LogP contribution in [0, 0.1) is 0 Å². The van der Waals surface area contributed by atoms with Crippen LogP contribution < -0.4 is 0 Å². The fraction of sp³-hybridized carbons (Fsp3) is 0.649. The molecule has 0 spiro atoms. The van der Waals surface area contributed by atoms with Crippen LogP contribution in [-0.2, 0) is 28.6 Å². The van der Waals surface area contributed by atoms with Crippen LogP contribution in [0.3, 0.4) is 0 Å². The van der Waals surface area contributed by atoms with Gasteiger partial charge in [-0.25, -0.2) is 4.79 Å². The summed E-state index contributed by atoms with van der Waals surface area (Å²) in [7, 11) is 5.47. The first-order valence-electron chi connectivity index (χ1n) is 16.8. The van der Waals surface area contributed by atoms with Crippen molar-refractivity contribution in [1.82, 2.24) is 0 Å². The number of carbonyl (C=O) groups excluding carboxylic acids is 2. The maximum absolute atomic E-state index is 12.6. The average Bonchev–Trinajstić information content (AvgIpc) is 2.98. The number of hydrogen-bond donors (Lipinski definition) is 1. The molecule has 0 aliphatic carbocycles. The van der Waals surface area contributed by atoms with Gasteiger partial charge in [0.25, 0.3) is 0 Å². The standard InChI is InChI=1S/C37H61NO7/c1-6-8-10-12-14-16-17-18-20-22-24-26-28-36(40)45-33(31-43-30-29-34(37(41)42)38(3,4)5)32-44-35(39)27-25-23-21-19-15-13-11-9-7-2/h8-11,14-16,19,23,25,33-34H,6-7,12-13,17-18,20-22,24,26-32H2,1-5H3/p+1/b10-8+,11-9+,16-14+,19-15+,25-23+. The largest absolute Gasteiger partial charge is 0.477 e. The van der Waals surface area contributed by atoms with Crippen molar-refractivity contribution in [2.45, 2.75) is 116 Å². The van der Waals surface area contributed by atoms with Crippen molar-refractivity contribution >= 4 is 17.9 Å². The van der Waals surface area contributed by atoms with Crippen molar-refractivity contribution in [3.05, 3.63) is 60.8 Å². The summed E-state index contributed by atoms with van der Waals surface area (Å²) in [4.78, 5) is 36.5. The van der Waals surface area contributed by atoms with Gasteiger partial charge in [-0.15, -0.1) is 0 Å². The van der Waals surface area contributed by atoms with E-state index in [0.717, 1.165) is 70.6 Å². The molecule has 0 aromatic carbocycles. The van der Waals surface area contributed by atoms with Crippen LogP contribution in [0.15, 0.2) is 60.8 Å². The Morgan fingerprint density at radius 2 is 1.24 bits per heavy atom. The lowest BCUT2D eigenvalue weighted by molar-refractivity contribution is -0.887. The van der Waals surface area contributed by atoms with Crippen LogP contribution in [0.4, 0.5) is 0 Å². The summed E-state index contributed by atoms with van der Waals surface area (Å²) in [5, 5.41) is 9.54. The number of carboxylic acid groups (broad SMARTS) is 1.